The van der Waals surface area contributed by atoms with E-state index in [9.17, 15) is 4.79 Å². The van der Waals surface area contributed by atoms with E-state index in [1.54, 1.807) is 13.3 Å². The minimum Gasteiger partial charge on any atom is -0.461 e. The Labute approximate surface area is 106 Å². The van der Waals surface area contributed by atoms with Crippen LogP contribution in [0.25, 0.3) is 0 Å². The first-order valence-electron chi connectivity index (χ1n) is 5.68. The van der Waals surface area contributed by atoms with Crippen LogP contribution in [-0.4, -0.2) is 33.6 Å². The highest BCUT2D eigenvalue weighted by Gasteiger charge is 2.19. The Hall–Kier alpha value is -1.17. The van der Waals surface area contributed by atoms with Crippen molar-refractivity contribution in [3.8, 4) is 0 Å². The van der Waals surface area contributed by atoms with Crippen molar-refractivity contribution in [2.24, 2.45) is 0 Å². The second-order valence-electron chi connectivity index (χ2n) is 3.61. The summed E-state index contributed by atoms with van der Waals surface area (Å²) < 4.78 is 6.70. The van der Waals surface area contributed by atoms with Crippen LogP contribution in [0.2, 0.25) is 0 Å². The van der Waals surface area contributed by atoms with Gasteiger partial charge in [-0.1, -0.05) is 6.92 Å². The molecule has 17 heavy (non-hydrogen) atoms. The number of imidazole rings is 1. The molecule has 0 spiro atoms. The maximum atomic E-state index is 11.5. The molecule has 1 rings (SSSR count). The van der Waals surface area contributed by atoms with Gasteiger partial charge in [-0.2, -0.15) is 11.8 Å². The summed E-state index contributed by atoms with van der Waals surface area (Å²) in [5, 5.41) is 0. The molecule has 0 saturated heterocycles. The predicted octanol–water partition coefficient (Wildman–Crippen LogP) is 1.96. The molecule has 1 heterocycles. The highest BCUT2D eigenvalue weighted by Crippen LogP contribution is 2.20. The molecule has 1 unspecified atom stereocenters. The summed E-state index contributed by atoms with van der Waals surface area (Å²) in [7, 11) is 0. The molecule has 0 aliphatic heterocycles. The molecule has 0 aromatic carbocycles. The number of nitrogens with two attached hydrogens (primary N) is 1. The third kappa shape index (κ3) is 3.39. The molecule has 0 amide bonds. The van der Waals surface area contributed by atoms with E-state index in [1.165, 1.54) is 0 Å². The van der Waals surface area contributed by atoms with Gasteiger partial charge in [0.15, 0.2) is 5.69 Å². The normalized spacial score (nSPS) is 12.4. The maximum Gasteiger partial charge on any atom is 0.360 e. The summed E-state index contributed by atoms with van der Waals surface area (Å²) in [5.74, 6) is 1.93. The van der Waals surface area contributed by atoms with Gasteiger partial charge in [0.05, 0.1) is 12.9 Å². The predicted molar refractivity (Wildman–Crippen MR) is 70.3 cm³/mol. The molecule has 1 aromatic heterocycles. The Balaban J connectivity index is 2.79. The van der Waals surface area contributed by atoms with Gasteiger partial charge in [0.1, 0.15) is 5.82 Å². The van der Waals surface area contributed by atoms with E-state index in [-0.39, 0.29) is 11.7 Å². The summed E-state index contributed by atoms with van der Waals surface area (Å²) in [5.41, 5.74) is 6.11. The Bertz CT molecular complexity index is 379. The highest BCUT2D eigenvalue weighted by molar-refractivity contribution is 7.99. The number of carbonyl (C=O) groups is 1. The quantitative estimate of drug-likeness (QED) is 0.789. The standard InChI is InChI=1S/C11H19N3O2S/c1-4-16-11(15)9-10(12)14(7-13-9)8(3)6-17-5-2/h7-8H,4-6,12H2,1-3H3. The average molecular weight is 257 g/mol. The number of carbonyl (C=O) groups excluding carboxylic acids is 1. The zero-order chi connectivity index (χ0) is 12.8. The third-order valence-electron chi connectivity index (χ3n) is 2.34. The molecule has 96 valence electrons. The minimum atomic E-state index is -0.459. The smallest absolute Gasteiger partial charge is 0.360 e. The molecule has 0 saturated carbocycles. The van der Waals surface area contributed by atoms with Crippen molar-refractivity contribution in [3.63, 3.8) is 0 Å². The van der Waals surface area contributed by atoms with Crippen LogP contribution >= 0.6 is 11.8 Å². The van der Waals surface area contributed by atoms with Crippen LogP contribution in [0.5, 0.6) is 0 Å². The van der Waals surface area contributed by atoms with Crippen LogP contribution in [0, 0.1) is 0 Å². The van der Waals surface area contributed by atoms with Crippen molar-refractivity contribution in [1.29, 1.82) is 0 Å². The van der Waals surface area contributed by atoms with Gasteiger partial charge >= 0.3 is 5.97 Å². The fourth-order valence-electron chi connectivity index (χ4n) is 1.45. The monoisotopic (exact) mass is 257 g/mol. The number of thioether (sulfide) groups is 1. The van der Waals surface area contributed by atoms with E-state index in [4.69, 9.17) is 10.5 Å². The lowest BCUT2D eigenvalue weighted by molar-refractivity contribution is 0.0521. The van der Waals surface area contributed by atoms with Crippen LogP contribution in [-0.2, 0) is 4.74 Å². The van der Waals surface area contributed by atoms with Gasteiger partial charge in [-0.25, -0.2) is 9.78 Å². The van der Waals surface area contributed by atoms with Crippen molar-refractivity contribution in [2.45, 2.75) is 26.8 Å². The number of anilines is 1. The lowest BCUT2D eigenvalue weighted by Crippen LogP contribution is -2.13. The molecular weight excluding hydrogens is 238 g/mol. The fraction of sp³-hybridized carbons (Fsp3) is 0.636. The number of nitrogens with zero attached hydrogens (tertiary/aromatic N) is 2. The third-order valence-corrected chi connectivity index (χ3v) is 3.47. The molecule has 0 aliphatic rings. The van der Waals surface area contributed by atoms with Gasteiger partial charge in [-0.3, -0.25) is 0 Å². The summed E-state index contributed by atoms with van der Waals surface area (Å²) in [6, 6.07) is 0.218. The SMILES string of the molecule is CCOC(=O)c1ncn(C(C)CSCC)c1N. The number of hydrogen-bond acceptors (Lipinski definition) is 5. The number of aromatic nitrogens is 2. The molecule has 1 aromatic rings. The number of esters is 1. The second kappa shape index (κ2) is 6.54. The van der Waals surface area contributed by atoms with E-state index in [0.29, 0.717) is 12.4 Å². The molecule has 1 atom stereocenters. The van der Waals surface area contributed by atoms with Gasteiger partial charge in [0.25, 0.3) is 0 Å². The molecule has 6 heteroatoms. The first kappa shape index (κ1) is 13.9. The average Bonchev–Trinajstić information content (AvgIpc) is 2.68. The van der Waals surface area contributed by atoms with Gasteiger partial charge in [-0.05, 0) is 19.6 Å². The minimum absolute atomic E-state index is 0.209. The Morgan fingerprint density at radius 2 is 2.35 bits per heavy atom. The molecule has 0 bridgehead atoms. The van der Waals surface area contributed by atoms with Gasteiger partial charge in [0.2, 0.25) is 0 Å². The molecule has 0 radical (unpaired) electrons. The summed E-state index contributed by atoms with van der Waals surface area (Å²) in [4.78, 5) is 15.5. The number of rotatable bonds is 6. The Kier molecular flexibility index (Phi) is 5.34. The van der Waals surface area contributed by atoms with Crippen molar-refractivity contribution in [2.75, 3.05) is 23.8 Å². The molecular formula is C11H19N3O2S. The van der Waals surface area contributed by atoms with Crippen LogP contribution in [0.15, 0.2) is 6.33 Å². The zero-order valence-corrected chi connectivity index (χ0v) is 11.3. The van der Waals surface area contributed by atoms with E-state index < -0.39 is 5.97 Å². The second-order valence-corrected chi connectivity index (χ2v) is 4.93. The molecule has 2 N–H and O–H groups in total. The van der Waals surface area contributed by atoms with Crippen LogP contribution in [0.4, 0.5) is 5.82 Å². The fourth-order valence-corrected chi connectivity index (χ4v) is 2.18. The zero-order valence-electron chi connectivity index (χ0n) is 10.5. The van der Waals surface area contributed by atoms with Crippen molar-refractivity contribution >= 4 is 23.5 Å². The van der Waals surface area contributed by atoms with Crippen LogP contribution < -0.4 is 5.73 Å². The van der Waals surface area contributed by atoms with E-state index >= 15 is 0 Å². The van der Waals surface area contributed by atoms with Crippen LogP contribution in [0.1, 0.15) is 37.3 Å². The van der Waals surface area contributed by atoms with Gasteiger partial charge in [-0.15, -0.1) is 0 Å². The number of nitrogen functional groups attached to an aromatic ring is 1. The maximum absolute atomic E-state index is 11.5. The van der Waals surface area contributed by atoms with E-state index in [1.807, 2.05) is 16.3 Å². The Morgan fingerprint density at radius 3 is 2.94 bits per heavy atom. The van der Waals surface area contributed by atoms with Crippen LogP contribution in [0.3, 0.4) is 0 Å². The van der Waals surface area contributed by atoms with Crippen molar-refractivity contribution < 1.29 is 9.53 Å². The van der Waals surface area contributed by atoms with Crippen molar-refractivity contribution in [1.82, 2.24) is 9.55 Å². The summed E-state index contributed by atoms with van der Waals surface area (Å²) in [6.45, 7) is 6.24. The number of ether oxygens (including phenoxy) is 1. The largest absolute Gasteiger partial charge is 0.461 e. The van der Waals surface area contributed by atoms with Gasteiger partial charge in [0, 0.05) is 11.8 Å². The topological polar surface area (TPSA) is 70.1 Å². The Morgan fingerprint density at radius 1 is 1.65 bits per heavy atom. The first-order valence-corrected chi connectivity index (χ1v) is 6.84. The highest BCUT2D eigenvalue weighted by atomic mass is 32.2. The molecule has 5 nitrogen and oxygen atoms in total. The lowest BCUT2D eigenvalue weighted by Gasteiger charge is -2.14. The number of hydrogen-bond donors (Lipinski definition) is 1. The lowest BCUT2D eigenvalue weighted by atomic mass is 10.3. The van der Waals surface area contributed by atoms with Crippen molar-refractivity contribution in [3.05, 3.63) is 12.0 Å². The summed E-state index contributed by atoms with van der Waals surface area (Å²) in [6.07, 6.45) is 1.60. The molecule has 0 fully saturated rings. The van der Waals surface area contributed by atoms with Gasteiger partial charge < -0.3 is 15.0 Å². The summed E-state index contributed by atoms with van der Waals surface area (Å²) >= 11 is 1.83. The van der Waals surface area contributed by atoms with E-state index in [2.05, 4.69) is 18.8 Å². The molecule has 0 aliphatic carbocycles. The first-order chi connectivity index (χ1) is 8.11. The van der Waals surface area contributed by atoms with E-state index in [0.717, 1.165) is 11.5 Å².